The highest BCUT2D eigenvalue weighted by Gasteiger charge is 2.43. The van der Waals surface area contributed by atoms with E-state index in [1.54, 1.807) is 0 Å². The monoisotopic (exact) mass is 691 g/mol. The van der Waals surface area contributed by atoms with Gasteiger partial charge in [-0.15, -0.1) is 0 Å². The van der Waals surface area contributed by atoms with Gasteiger partial charge in [0, 0.05) is 32.9 Å². The van der Waals surface area contributed by atoms with E-state index in [-0.39, 0.29) is 0 Å². The summed E-state index contributed by atoms with van der Waals surface area (Å²) < 4.78 is 4.81. The highest BCUT2D eigenvalue weighted by atomic mass is 28.3. The van der Waals surface area contributed by atoms with Gasteiger partial charge in [0.1, 0.15) is 0 Å². The van der Waals surface area contributed by atoms with Crippen LogP contribution in [0.5, 0.6) is 0 Å². The second-order valence-electron chi connectivity index (χ2n) is 13.6. The first-order valence-corrected chi connectivity index (χ1v) is 20.0. The normalized spacial score (nSPS) is 11.8. The zero-order valence-corrected chi connectivity index (χ0v) is 29.9. The minimum atomic E-state index is -2.99. The second-order valence-corrected chi connectivity index (χ2v) is 17.4. The highest BCUT2D eigenvalue weighted by Crippen LogP contribution is 2.34. The van der Waals surface area contributed by atoms with Gasteiger partial charge >= 0.3 is 0 Å². The number of aromatic nitrogens is 2. The fourth-order valence-corrected chi connectivity index (χ4v) is 13.6. The minimum Gasteiger partial charge on any atom is -0.309 e. The van der Waals surface area contributed by atoms with Gasteiger partial charge in [-0.05, 0) is 75.3 Å². The van der Waals surface area contributed by atoms with Crippen LogP contribution in [0.3, 0.4) is 0 Å². The lowest BCUT2D eigenvalue weighted by Gasteiger charge is -2.35. The van der Waals surface area contributed by atoms with Gasteiger partial charge in [-0.1, -0.05) is 146 Å². The van der Waals surface area contributed by atoms with E-state index in [0.29, 0.717) is 5.56 Å². The first kappa shape index (κ1) is 30.9. The molecule has 0 aliphatic rings. The maximum Gasteiger partial charge on any atom is 0.181 e. The van der Waals surface area contributed by atoms with Crippen LogP contribution in [0.15, 0.2) is 200 Å². The van der Waals surface area contributed by atoms with Crippen molar-refractivity contribution in [1.29, 1.82) is 5.26 Å². The number of rotatable bonds is 6. The largest absolute Gasteiger partial charge is 0.309 e. The van der Waals surface area contributed by atoms with E-state index in [4.69, 9.17) is 0 Å². The van der Waals surface area contributed by atoms with Gasteiger partial charge in [-0.3, -0.25) is 0 Å². The summed E-state index contributed by atoms with van der Waals surface area (Å²) in [6.07, 6.45) is 0. The molecule has 0 N–H and O–H groups in total. The van der Waals surface area contributed by atoms with Gasteiger partial charge in [0.05, 0.1) is 33.7 Å². The van der Waals surface area contributed by atoms with Crippen molar-refractivity contribution in [2.75, 3.05) is 0 Å². The third-order valence-electron chi connectivity index (χ3n) is 10.9. The molecule has 0 fully saturated rings. The lowest BCUT2D eigenvalue weighted by Crippen LogP contribution is -2.75. The average Bonchev–Trinajstić information content (AvgIpc) is 3.76. The SMILES string of the molecule is N#Cc1ccc2c(c1)c1ccccc1n2-c1ccc([Si](c2ccccc2)(c2ccccc2)c2cccc3c4ccccc4n(-c4ccccc4)c23)cc1. The van der Waals surface area contributed by atoms with E-state index in [1.165, 1.54) is 42.6 Å². The molecule has 3 nitrogen and oxygen atoms in total. The summed E-state index contributed by atoms with van der Waals surface area (Å²) in [5, 5.41) is 19.8. The minimum absolute atomic E-state index is 0.666. The Kier molecular flexibility index (Phi) is 7.21. The maximum absolute atomic E-state index is 9.72. The number of fused-ring (bicyclic) bond motifs is 6. The summed E-state index contributed by atoms with van der Waals surface area (Å²) in [7, 11) is -2.99. The van der Waals surface area contributed by atoms with Crippen molar-refractivity contribution < 1.29 is 0 Å². The molecular weight excluding hydrogens is 659 g/mol. The highest BCUT2D eigenvalue weighted by molar-refractivity contribution is 7.20. The molecule has 2 aromatic heterocycles. The van der Waals surface area contributed by atoms with Crippen LogP contribution in [0.2, 0.25) is 0 Å². The number of nitrogens with zero attached hydrogens (tertiary/aromatic N) is 3. The topological polar surface area (TPSA) is 33.6 Å². The molecule has 0 aliphatic heterocycles. The Hall–Kier alpha value is -6.93. The maximum atomic E-state index is 9.72. The van der Waals surface area contributed by atoms with Crippen molar-refractivity contribution in [2.45, 2.75) is 0 Å². The van der Waals surface area contributed by atoms with Gasteiger partial charge in [-0.2, -0.15) is 5.26 Å². The van der Waals surface area contributed by atoms with E-state index in [2.05, 4.69) is 203 Å². The van der Waals surface area contributed by atoms with Crippen LogP contribution in [-0.4, -0.2) is 17.2 Å². The van der Waals surface area contributed by atoms with Gasteiger partial charge in [0.2, 0.25) is 0 Å². The van der Waals surface area contributed by atoms with Crippen LogP contribution in [0.4, 0.5) is 0 Å². The molecule has 10 aromatic rings. The van der Waals surface area contributed by atoms with E-state index in [0.717, 1.165) is 33.2 Å². The summed E-state index contributed by atoms with van der Waals surface area (Å²) in [5.74, 6) is 0. The van der Waals surface area contributed by atoms with Crippen molar-refractivity contribution in [2.24, 2.45) is 0 Å². The average molecular weight is 692 g/mol. The van der Waals surface area contributed by atoms with Gasteiger partial charge in [-0.25, -0.2) is 0 Å². The number of hydrogen-bond acceptors (Lipinski definition) is 1. The molecule has 0 bridgehead atoms. The fraction of sp³-hybridized carbons (Fsp3) is 0. The summed E-state index contributed by atoms with van der Waals surface area (Å²) in [4.78, 5) is 0. The molecule has 2 heterocycles. The molecular formula is C49H33N3Si. The molecule has 0 unspecified atom stereocenters. The molecule has 0 saturated carbocycles. The fourth-order valence-electron chi connectivity index (χ4n) is 8.69. The van der Waals surface area contributed by atoms with Crippen molar-refractivity contribution in [3.05, 3.63) is 206 Å². The Bertz CT molecular complexity index is 2950. The van der Waals surface area contributed by atoms with Crippen LogP contribution in [0.25, 0.3) is 55.0 Å². The molecule has 10 rings (SSSR count). The molecule has 0 atom stereocenters. The molecule has 0 spiro atoms. The third-order valence-corrected chi connectivity index (χ3v) is 15.7. The molecule has 0 aliphatic carbocycles. The Morgan fingerprint density at radius 1 is 0.377 bits per heavy atom. The Morgan fingerprint density at radius 3 is 1.51 bits per heavy atom. The lowest BCUT2D eigenvalue weighted by atomic mass is 10.1. The molecule has 0 radical (unpaired) electrons. The first-order chi connectivity index (χ1) is 26.3. The van der Waals surface area contributed by atoms with Crippen LogP contribution in [0.1, 0.15) is 5.56 Å². The van der Waals surface area contributed by atoms with Crippen LogP contribution < -0.4 is 20.7 Å². The summed E-state index contributed by atoms with van der Waals surface area (Å²) >= 11 is 0. The Morgan fingerprint density at radius 2 is 0.868 bits per heavy atom. The number of hydrogen-bond donors (Lipinski definition) is 0. The predicted octanol–water partition coefficient (Wildman–Crippen LogP) is 9.13. The van der Waals surface area contributed by atoms with Crippen LogP contribution in [-0.2, 0) is 0 Å². The van der Waals surface area contributed by atoms with E-state index < -0.39 is 8.07 Å². The van der Waals surface area contributed by atoms with Gasteiger partial charge < -0.3 is 9.13 Å². The third kappa shape index (κ3) is 4.65. The quantitative estimate of drug-likeness (QED) is 0.127. The zero-order chi connectivity index (χ0) is 35.4. The smallest absolute Gasteiger partial charge is 0.181 e. The molecule has 53 heavy (non-hydrogen) atoms. The summed E-state index contributed by atoms with van der Waals surface area (Å²) in [6.45, 7) is 0. The molecule has 0 saturated heterocycles. The standard InChI is InChI=1S/C49H33N3Si/c50-34-35-27-32-47-44(33-35)42-22-11-12-24-45(42)51(47)37-28-30-40(31-29-37)53(38-17-6-2-7-18-38,39-19-8-3-9-20-39)48-26-14-23-43-41-21-10-13-25-46(41)52(49(43)48)36-15-4-1-5-16-36/h1-33H. The van der Waals surface area contributed by atoms with Crippen molar-refractivity contribution >= 4 is 72.4 Å². The Labute approximate surface area is 308 Å². The van der Waals surface area contributed by atoms with E-state index in [1.807, 2.05) is 12.1 Å². The van der Waals surface area contributed by atoms with E-state index in [9.17, 15) is 5.26 Å². The molecule has 0 amide bonds. The molecule has 4 heteroatoms. The first-order valence-electron chi connectivity index (χ1n) is 18.0. The zero-order valence-electron chi connectivity index (χ0n) is 28.9. The second kappa shape index (κ2) is 12.4. The van der Waals surface area contributed by atoms with Crippen LogP contribution in [0, 0.1) is 11.3 Å². The van der Waals surface area contributed by atoms with Gasteiger partial charge in [0.15, 0.2) is 8.07 Å². The van der Waals surface area contributed by atoms with Crippen molar-refractivity contribution in [1.82, 2.24) is 9.13 Å². The number of para-hydroxylation sites is 4. The van der Waals surface area contributed by atoms with E-state index >= 15 is 0 Å². The predicted molar refractivity (Wildman–Crippen MR) is 223 cm³/mol. The molecule has 8 aromatic carbocycles. The summed E-state index contributed by atoms with van der Waals surface area (Å²) in [6, 6.07) is 75.0. The Balaban J connectivity index is 1.31. The number of nitriles is 1. The lowest BCUT2D eigenvalue weighted by molar-refractivity contribution is 1.18. The summed E-state index contributed by atoms with van der Waals surface area (Å²) in [5.41, 5.74) is 7.56. The number of benzene rings is 8. The van der Waals surface area contributed by atoms with Crippen molar-refractivity contribution in [3.8, 4) is 17.4 Å². The van der Waals surface area contributed by atoms with Gasteiger partial charge in [0.25, 0.3) is 0 Å². The molecule has 248 valence electrons. The van der Waals surface area contributed by atoms with Crippen LogP contribution >= 0.6 is 0 Å². The van der Waals surface area contributed by atoms with Crippen molar-refractivity contribution in [3.63, 3.8) is 0 Å².